The maximum absolute atomic E-state index is 5.58. The van der Waals surface area contributed by atoms with E-state index in [1.807, 2.05) is 18.2 Å². The Labute approximate surface area is 128 Å². The molecule has 1 nitrogen and oxygen atoms in total. The third-order valence-electron chi connectivity index (χ3n) is 3.31. The van der Waals surface area contributed by atoms with Crippen LogP contribution in [-0.4, -0.2) is 13.1 Å². The minimum Gasteiger partial charge on any atom is -0.372 e. The van der Waals surface area contributed by atoms with Crippen LogP contribution < -0.4 is 5.32 Å². The highest BCUT2D eigenvalue weighted by Gasteiger charge is 2.28. The summed E-state index contributed by atoms with van der Waals surface area (Å²) in [7, 11) is -1.42. The Balaban J connectivity index is 2.24. The standard InChI is InChI=1S/C17H21NSSi/c1-20(2,3)17(15-12-8-5-9-13-15)18-16(19)14-10-6-4-7-11-14/h4-13,17H,1-3H3,(H,18,19). The Morgan fingerprint density at radius 2 is 1.40 bits per heavy atom. The largest absolute Gasteiger partial charge is 0.372 e. The number of benzene rings is 2. The van der Waals surface area contributed by atoms with E-state index in [0.29, 0.717) is 5.67 Å². The fourth-order valence-corrected chi connectivity index (χ4v) is 4.38. The molecule has 0 bridgehead atoms. The number of hydrogen-bond donors (Lipinski definition) is 1. The second-order valence-electron chi connectivity index (χ2n) is 6.05. The summed E-state index contributed by atoms with van der Waals surface area (Å²) < 4.78 is 0. The Bertz CT molecular complexity index is 561. The van der Waals surface area contributed by atoms with Crippen molar-refractivity contribution in [2.45, 2.75) is 25.3 Å². The first kappa shape index (κ1) is 14.9. The van der Waals surface area contributed by atoms with Crippen LogP contribution in [-0.2, 0) is 0 Å². The van der Waals surface area contributed by atoms with E-state index in [2.05, 4.69) is 67.4 Å². The molecule has 1 atom stereocenters. The highest BCUT2D eigenvalue weighted by molar-refractivity contribution is 7.80. The Hall–Kier alpha value is -1.45. The molecule has 0 aliphatic rings. The van der Waals surface area contributed by atoms with Crippen molar-refractivity contribution >= 4 is 25.3 Å². The van der Waals surface area contributed by atoms with Crippen LogP contribution in [0.3, 0.4) is 0 Å². The topological polar surface area (TPSA) is 12.0 Å². The quantitative estimate of drug-likeness (QED) is 0.655. The predicted molar refractivity (Wildman–Crippen MR) is 93.8 cm³/mol. The van der Waals surface area contributed by atoms with Crippen LogP contribution in [0.15, 0.2) is 60.7 Å². The minimum atomic E-state index is -1.42. The van der Waals surface area contributed by atoms with Gasteiger partial charge in [0.15, 0.2) is 0 Å². The summed E-state index contributed by atoms with van der Waals surface area (Å²) in [6.07, 6.45) is 0. The summed E-state index contributed by atoms with van der Waals surface area (Å²) in [5, 5.41) is 3.58. The van der Waals surface area contributed by atoms with Gasteiger partial charge in [0.2, 0.25) is 0 Å². The van der Waals surface area contributed by atoms with E-state index in [1.54, 1.807) is 0 Å². The molecule has 3 heteroatoms. The molecule has 0 spiro atoms. The van der Waals surface area contributed by atoms with Crippen molar-refractivity contribution in [2.24, 2.45) is 0 Å². The normalized spacial score (nSPS) is 12.8. The Morgan fingerprint density at radius 1 is 0.900 bits per heavy atom. The first-order valence-electron chi connectivity index (χ1n) is 6.89. The third-order valence-corrected chi connectivity index (χ3v) is 5.87. The van der Waals surface area contributed by atoms with E-state index in [4.69, 9.17) is 12.2 Å². The zero-order valence-electron chi connectivity index (χ0n) is 12.3. The first-order valence-corrected chi connectivity index (χ1v) is 10.9. The maximum atomic E-state index is 5.58. The van der Waals surface area contributed by atoms with Crippen molar-refractivity contribution in [1.82, 2.24) is 5.32 Å². The van der Waals surface area contributed by atoms with Crippen molar-refractivity contribution in [2.75, 3.05) is 0 Å². The fourth-order valence-electron chi connectivity index (χ4n) is 2.25. The Kier molecular flexibility index (Phi) is 4.73. The van der Waals surface area contributed by atoms with Crippen molar-refractivity contribution in [3.05, 3.63) is 71.8 Å². The molecule has 0 saturated heterocycles. The number of hydrogen-bond acceptors (Lipinski definition) is 1. The van der Waals surface area contributed by atoms with Gasteiger partial charge in [0, 0.05) is 11.2 Å². The average molecular weight is 300 g/mol. The van der Waals surface area contributed by atoms with Gasteiger partial charge in [-0.15, -0.1) is 0 Å². The lowest BCUT2D eigenvalue weighted by Gasteiger charge is -2.31. The first-order chi connectivity index (χ1) is 9.48. The summed E-state index contributed by atoms with van der Waals surface area (Å²) in [5.74, 6) is 0. The Morgan fingerprint density at radius 3 is 1.90 bits per heavy atom. The minimum absolute atomic E-state index is 0.330. The van der Waals surface area contributed by atoms with Gasteiger partial charge in [0.25, 0.3) is 0 Å². The van der Waals surface area contributed by atoms with Gasteiger partial charge < -0.3 is 5.32 Å². The molecule has 0 aliphatic heterocycles. The molecule has 1 N–H and O–H groups in total. The van der Waals surface area contributed by atoms with E-state index in [0.717, 1.165) is 10.6 Å². The van der Waals surface area contributed by atoms with Crippen LogP contribution >= 0.6 is 12.2 Å². The molecule has 0 aromatic heterocycles. The number of nitrogens with one attached hydrogen (secondary N) is 1. The van der Waals surface area contributed by atoms with Gasteiger partial charge in [-0.2, -0.15) is 0 Å². The van der Waals surface area contributed by atoms with Crippen LogP contribution in [0, 0.1) is 0 Å². The second-order valence-corrected chi connectivity index (χ2v) is 11.8. The lowest BCUT2D eigenvalue weighted by atomic mass is 10.2. The van der Waals surface area contributed by atoms with Crippen LogP contribution in [0.1, 0.15) is 16.8 Å². The van der Waals surface area contributed by atoms with Gasteiger partial charge in [-0.3, -0.25) is 0 Å². The lowest BCUT2D eigenvalue weighted by Crippen LogP contribution is -2.43. The third kappa shape index (κ3) is 3.78. The van der Waals surface area contributed by atoms with Gasteiger partial charge >= 0.3 is 0 Å². The van der Waals surface area contributed by atoms with E-state index in [-0.39, 0.29) is 0 Å². The molecule has 0 heterocycles. The average Bonchev–Trinajstić information content (AvgIpc) is 2.45. The fraction of sp³-hybridized carbons (Fsp3) is 0.235. The van der Waals surface area contributed by atoms with Crippen molar-refractivity contribution in [3.63, 3.8) is 0 Å². The molecule has 2 aromatic carbocycles. The second kappa shape index (κ2) is 6.33. The highest BCUT2D eigenvalue weighted by Crippen LogP contribution is 2.25. The number of rotatable bonds is 4. The predicted octanol–water partition coefficient (Wildman–Crippen LogP) is 4.57. The van der Waals surface area contributed by atoms with Crippen molar-refractivity contribution < 1.29 is 0 Å². The zero-order chi connectivity index (χ0) is 14.6. The smallest absolute Gasteiger partial charge is 0.106 e. The molecular formula is C17H21NSSi. The van der Waals surface area contributed by atoms with E-state index in [1.165, 1.54) is 5.56 Å². The van der Waals surface area contributed by atoms with E-state index >= 15 is 0 Å². The summed E-state index contributed by atoms with van der Waals surface area (Å²) in [6, 6.07) is 20.8. The van der Waals surface area contributed by atoms with Crippen LogP contribution in [0.4, 0.5) is 0 Å². The molecule has 104 valence electrons. The van der Waals surface area contributed by atoms with Gasteiger partial charge in [-0.05, 0) is 5.56 Å². The van der Waals surface area contributed by atoms with Gasteiger partial charge in [-0.25, -0.2) is 0 Å². The van der Waals surface area contributed by atoms with Crippen LogP contribution in [0.5, 0.6) is 0 Å². The zero-order valence-corrected chi connectivity index (χ0v) is 14.1. The van der Waals surface area contributed by atoms with Crippen molar-refractivity contribution in [3.8, 4) is 0 Å². The summed E-state index contributed by atoms with van der Waals surface area (Å²) in [4.78, 5) is 0.835. The summed E-state index contributed by atoms with van der Waals surface area (Å²) in [6.45, 7) is 7.10. The highest BCUT2D eigenvalue weighted by atomic mass is 32.1. The summed E-state index contributed by atoms with van der Waals surface area (Å²) in [5.41, 5.74) is 2.74. The SMILES string of the molecule is C[Si](C)(C)C(NC(=S)c1ccccc1)c1ccccc1. The molecule has 0 fully saturated rings. The molecule has 2 aromatic rings. The monoisotopic (exact) mass is 299 g/mol. The molecule has 1 unspecified atom stereocenters. The van der Waals surface area contributed by atoms with E-state index in [9.17, 15) is 0 Å². The number of thiocarbonyl (C=S) groups is 1. The molecule has 0 aliphatic carbocycles. The molecule has 0 saturated carbocycles. The molecule has 2 rings (SSSR count). The van der Waals surface area contributed by atoms with Crippen LogP contribution in [0.25, 0.3) is 0 Å². The molecular weight excluding hydrogens is 278 g/mol. The van der Waals surface area contributed by atoms with Gasteiger partial charge in [0.1, 0.15) is 4.99 Å². The van der Waals surface area contributed by atoms with Crippen molar-refractivity contribution in [1.29, 1.82) is 0 Å². The van der Waals surface area contributed by atoms with Crippen LogP contribution in [0.2, 0.25) is 19.6 Å². The molecule has 20 heavy (non-hydrogen) atoms. The van der Waals surface area contributed by atoms with Gasteiger partial charge in [0.05, 0.1) is 8.07 Å². The lowest BCUT2D eigenvalue weighted by molar-refractivity contribution is 0.843. The summed E-state index contributed by atoms with van der Waals surface area (Å²) >= 11 is 5.58. The molecule has 0 radical (unpaired) electrons. The maximum Gasteiger partial charge on any atom is 0.106 e. The molecule has 0 amide bonds. The van der Waals surface area contributed by atoms with Gasteiger partial charge in [-0.1, -0.05) is 92.5 Å². The van der Waals surface area contributed by atoms with E-state index < -0.39 is 8.07 Å².